The molecule has 1 saturated heterocycles. The Kier molecular flexibility index (Phi) is 3.22. The van der Waals surface area contributed by atoms with E-state index in [4.69, 9.17) is 5.73 Å². The van der Waals surface area contributed by atoms with Gasteiger partial charge in [0.2, 0.25) is 5.91 Å². The molecule has 0 aliphatic carbocycles. The number of aryl methyl sites for hydroxylation is 1. The van der Waals surface area contributed by atoms with Crippen LogP contribution in [0.2, 0.25) is 0 Å². The predicted octanol–water partition coefficient (Wildman–Crippen LogP) is 0.576. The number of likely N-dealkylation sites (tertiary alicyclic amines) is 1. The van der Waals surface area contributed by atoms with Crippen molar-refractivity contribution < 1.29 is 4.79 Å². The number of benzene rings is 1. The molecule has 1 fully saturated rings. The zero-order chi connectivity index (χ0) is 11.5. The Balaban J connectivity index is 1.85. The molecule has 0 unspecified atom stereocenters. The van der Waals surface area contributed by atoms with Crippen LogP contribution in [0.1, 0.15) is 5.56 Å². The van der Waals surface area contributed by atoms with Crippen molar-refractivity contribution >= 4 is 11.6 Å². The quantitative estimate of drug-likeness (QED) is 0.781. The standard InChI is InChI=1S/C12H17N3O/c1-9-4-2-3-5-11(9)14-12(16)8-15-6-10(13)7-15/h2-5,10H,6-8,13H2,1H3,(H,14,16). The average molecular weight is 219 g/mol. The van der Waals surface area contributed by atoms with Gasteiger partial charge in [-0.15, -0.1) is 0 Å². The molecule has 1 amide bonds. The molecule has 0 radical (unpaired) electrons. The Labute approximate surface area is 95.4 Å². The number of hydrogen-bond donors (Lipinski definition) is 2. The molecule has 1 aliphatic heterocycles. The third kappa shape index (κ3) is 2.59. The lowest BCUT2D eigenvalue weighted by Gasteiger charge is -2.36. The lowest BCUT2D eigenvalue weighted by Crippen LogP contribution is -2.57. The highest BCUT2D eigenvalue weighted by atomic mass is 16.2. The van der Waals surface area contributed by atoms with Gasteiger partial charge in [-0.05, 0) is 18.6 Å². The normalized spacial score (nSPS) is 16.9. The highest BCUT2D eigenvalue weighted by Gasteiger charge is 2.24. The summed E-state index contributed by atoms with van der Waals surface area (Å²) in [5, 5.41) is 2.90. The Bertz CT molecular complexity index is 386. The number of carbonyl (C=O) groups excluding carboxylic acids is 1. The summed E-state index contributed by atoms with van der Waals surface area (Å²) in [4.78, 5) is 13.7. The number of amides is 1. The van der Waals surface area contributed by atoms with Crippen LogP contribution in [0.4, 0.5) is 5.69 Å². The maximum Gasteiger partial charge on any atom is 0.238 e. The molecule has 2 rings (SSSR count). The van der Waals surface area contributed by atoms with Gasteiger partial charge in [-0.3, -0.25) is 9.69 Å². The Morgan fingerprint density at radius 1 is 1.50 bits per heavy atom. The van der Waals surface area contributed by atoms with Gasteiger partial charge in [0.05, 0.1) is 6.54 Å². The van der Waals surface area contributed by atoms with E-state index >= 15 is 0 Å². The van der Waals surface area contributed by atoms with Gasteiger partial charge in [0.15, 0.2) is 0 Å². The third-order valence-electron chi connectivity index (χ3n) is 2.77. The number of nitrogens with two attached hydrogens (primary N) is 1. The van der Waals surface area contributed by atoms with E-state index in [9.17, 15) is 4.79 Å². The lowest BCUT2D eigenvalue weighted by molar-refractivity contribution is -0.118. The number of anilines is 1. The lowest BCUT2D eigenvalue weighted by atomic mass is 10.1. The van der Waals surface area contributed by atoms with Gasteiger partial charge in [-0.1, -0.05) is 18.2 Å². The summed E-state index contributed by atoms with van der Waals surface area (Å²) in [5.41, 5.74) is 7.61. The second-order valence-electron chi connectivity index (χ2n) is 4.32. The first-order valence-electron chi connectivity index (χ1n) is 5.48. The van der Waals surface area contributed by atoms with E-state index in [1.165, 1.54) is 0 Å². The predicted molar refractivity (Wildman–Crippen MR) is 64.2 cm³/mol. The zero-order valence-corrected chi connectivity index (χ0v) is 9.44. The molecule has 0 spiro atoms. The Morgan fingerprint density at radius 2 is 2.19 bits per heavy atom. The number of nitrogens with one attached hydrogen (secondary N) is 1. The maximum absolute atomic E-state index is 11.7. The van der Waals surface area contributed by atoms with Gasteiger partial charge >= 0.3 is 0 Å². The fourth-order valence-electron chi connectivity index (χ4n) is 1.84. The summed E-state index contributed by atoms with van der Waals surface area (Å²) < 4.78 is 0. The SMILES string of the molecule is Cc1ccccc1NC(=O)CN1CC(N)C1. The first-order valence-corrected chi connectivity index (χ1v) is 5.48. The van der Waals surface area contributed by atoms with Crippen LogP contribution in [0.3, 0.4) is 0 Å². The molecule has 4 heteroatoms. The van der Waals surface area contributed by atoms with Gasteiger partial charge in [0.1, 0.15) is 0 Å². The number of hydrogen-bond acceptors (Lipinski definition) is 3. The van der Waals surface area contributed by atoms with Crippen molar-refractivity contribution in [2.45, 2.75) is 13.0 Å². The molecule has 1 aromatic carbocycles. The fourth-order valence-corrected chi connectivity index (χ4v) is 1.84. The van der Waals surface area contributed by atoms with Crippen molar-refractivity contribution in [1.29, 1.82) is 0 Å². The average Bonchev–Trinajstić information content (AvgIpc) is 2.19. The monoisotopic (exact) mass is 219 g/mol. The van der Waals surface area contributed by atoms with Crippen molar-refractivity contribution in [3.05, 3.63) is 29.8 Å². The molecule has 1 aromatic rings. The summed E-state index contributed by atoms with van der Waals surface area (Å²) in [6.07, 6.45) is 0. The number of nitrogens with zero attached hydrogens (tertiary/aromatic N) is 1. The second-order valence-corrected chi connectivity index (χ2v) is 4.32. The first-order chi connectivity index (χ1) is 7.65. The van der Waals surface area contributed by atoms with Gasteiger partial charge in [-0.2, -0.15) is 0 Å². The van der Waals surface area contributed by atoms with Crippen molar-refractivity contribution in [2.24, 2.45) is 5.73 Å². The minimum atomic E-state index is 0.0289. The van der Waals surface area contributed by atoms with Crippen LogP contribution >= 0.6 is 0 Å². The molecule has 0 atom stereocenters. The summed E-state index contributed by atoms with van der Waals surface area (Å²) in [6, 6.07) is 8.01. The van der Waals surface area contributed by atoms with Crippen LogP contribution in [-0.4, -0.2) is 36.5 Å². The van der Waals surface area contributed by atoms with Crippen LogP contribution in [0.15, 0.2) is 24.3 Å². The van der Waals surface area contributed by atoms with Crippen LogP contribution in [0.25, 0.3) is 0 Å². The van der Waals surface area contributed by atoms with Crippen LogP contribution < -0.4 is 11.1 Å². The van der Waals surface area contributed by atoms with E-state index in [1.54, 1.807) is 0 Å². The van der Waals surface area contributed by atoms with E-state index in [1.807, 2.05) is 36.1 Å². The van der Waals surface area contributed by atoms with Gasteiger partial charge in [0.25, 0.3) is 0 Å². The van der Waals surface area contributed by atoms with Gasteiger partial charge in [-0.25, -0.2) is 0 Å². The topological polar surface area (TPSA) is 58.4 Å². The smallest absolute Gasteiger partial charge is 0.238 e. The largest absolute Gasteiger partial charge is 0.325 e. The highest BCUT2D eigenvalue weighted by Crippen LogP contribution is 2.13. The number of rotatable bonds is 3. The summed E-state index contributed by atoms with van der Waals surface area (Å²) in [5.74, 6) is 0.0289. The van der Waals surface area contributed by atoms with E-state index in [-0.39, 0.29) is 11.9 Å². The summed E-state index contributed by atoms with van der Waals surface area (Å²) >= 11 is 0. The molecule has 3 N–H and O–H groups in total. The Morgan fingerprint density at radius 3 is 2.81 bits per heavy atom. The summed E-state index contributed by atoms with van der Waals surface area (Å²) in [7, 11) is 0. The van der Waals surface area contributed by atoms with E-state index in [0.29, 0.717) is 6.54 Å². The molecule has 1 aliphatic rings. The number of carbonyl (C=O) groups is 1. The van der Waals surface area contributed by atoms with Crippen LogP contribution in [0.5, 0.6) is 0 Å². The van der Waals surface area contributed by atoms with Gasteiger partial charge in [0, 0.05) is 24.8 Å². The molecule has 0 bridgehead atoms. The van der Waals surface area contributed by atoms with E-state index in [0.717, 1.165) is 24.3 Å². The van der Waals surface area contributed by atoms with Crippen molar-refractivity contribution in [1.82, 2.24) is 4.90 Å². The Hall–Kier alpha value is -1.39. The number of para-hydroxylation sites is 1. The molecule has 16 heavy (non-hydrogen) atoms. The molecule has 0 saturated carbocycles. The highest BCUT2D eigenvalue weighted by molar-refractivity contribution is 5.93. The molecular formula is C12H17N3O. The second kappa shape index (κ2) is 4.63. The van der Waals surface area contributed by atoms with Crippen molar-refractivity contribution in [3.8, 4) is 0 Å². The molecule has 4 nitrogen and oxygen atoms in total. The summed E-state index contributed by atoms with van der Waals surface area (Å²) in [6.45, 7) is 4.06. The molecule has 0 aromatic heterocycles. The minimum absolute atomic E-state index is 0.0289. The van der Waals surface area contributed by atoms with Crippen LogP contribution in [0, 0.1) is 6.92 Å². The molecule has 86 valence electrons. The molecular weight excluding hydrogens is 202 g/mol. The maximum atomic E-state index is 11.7. The molecule has 1 heterocycles. The van der Waals surface area contributed by atoms with Gasteiger partial charge < -0.3 is 11.1 Å². The minimum Gasteiger partial charge on any atom is -0.325 e. The third-order valence-corrected chi connectivity index (χ3v) is 2.77. The van der Waals surface area contributed by atoms with E-state index in [2.05, 4.69) is 5.32 Å². The van der Waals surface area contributed by atoms with E-state index < -0.39 is 0 Å². The van der Waals surface area contributed by atoms with Crippen molar-refractivity contribution in [3.63, 3.8) is 0 Å². The first kappa shape index (κ1) is 11.1. The zero-order valence-electron chi connectivity index (χ0n) is 9.44. The fraction of sp³-hybridized carbons (Fsp3) is 0.417. The van der Waals surface area contributed by atoms with Crippen LogP contribution in [-0.2, 0) is 4.79 Å². The van der Waals surface area contributed by atoms with Crippen molar-refractivity contribution in [2.75, 3.05) is 25.0 Å².